The zero-order valence-electron chi connectivity index (χ0n) is 14.4. The Hall–Kier alpha value is -2.03. The Labute approximate surface area is 169 Å². The van der Waals surface area contributed by atoms with E-state index in [4.69, 9.17) is 33.1 Å². The molecule has 1 aromatic carbocycles. The molecule has 4 rings (SSSR count). The fourth-order valence-corrected chi connectivity index (χ4v) is 3.85. The number of pyridine rings is 1. The number of nitrogens with zero attached hydrogens (tertiary/aromatic N) is 2. The van der Waals surface area contributed by atoms with Crippen LogP contribution in [-0.4, -0.2) is 47.4 Å². The van der Waals surface area contributed by atoms with Gasteiger partial charge in [0, 0.05) is 52.5 Å². The third-order valence-electron chi connectivity index (χ3n) is 4.60. The van der Waals surface area contributed by atoms with E-state index in [9.17, 15) is 13.2 Å². The van der Waals surface area contributed by atoms with Gasteiger partial charge in [-0.05, 0) is 24.6 Å². The third kappa shape index (κ3) is 4.68. The summed E-state index contributed by atoms with van der Waals surface area (Å²) in [6, 6.07) is 8.96. The third-order valence-corrected chi connectivity index (χ3v) is 5.14. The van der Waals surface area contributed by atoms with Gasteiger partial charge in [-0.1, -0.05) is 29.3 Å². The van der Waals surface area contributed by atoms with E-state index in [2.05, 4.69) is 21.3 Å². The Morgan fingerprint density at radius 3 is 2.50 bits per heavy atom. The number of aliphatic carboxylic acids is 1. The van der Waals surface area contributed by atoms with E-state index in [0.29, 0.717) is 22.1 Å². The SMILES string of the molecule is Clc1ccc(-c2cncc(N3CC4CC3CN4)c2)c(Cl)c1.O=C(O)C(F)(F)F. The second-order valence-corrected chi connectivity index (χ2v) is 7.35. The first-order valence-electron chi connectivity index (χ1n) is 8.36. The average molecular weight is 434 g/mol. The quantitative estimate of drug-likeness (QED) is 0.741. The summed E-state index contributed by atoms with van der Waals surface area (Å²) in [5.74, 6) is -2.76. The van der Waals surface area contributed by atoms with Crippen LogP contribution < -0.4 is 10.2 Å². The molecule has 2 aliphatic rings. The lowest BCUT2D eigenvalue weighted by molar-refractivity contribution is -0.192. The molecule has 2 saturated heterocycles. The number of carboxylic acids is 1. The van der Waals surface area contributed by atoms with Gasteiger partial charge in [-0.3, -0.25) is 4.98 Å². The minimum atomic E-state index is -5.08. The van der Waals surface area contributed by atoms with Crippen LogP contribution in [-0.2, 0) is 4.79 Å². The van der Waals surface area contributed by atoms with Crippen LogP contribution in [0.2, 0.25) is 10.0 Å². The van der Waals surface area contributed by atoms with Crippen molar-refractivity contribution in [1.82, 2.24) is 10.3 Å². The van der Waals surface area contributed by atoms with Crippen molar-refractivity contribution < 1.29 is 23.1 Å². The first kappa shape index (κ1) is 20.7. The summed E-state index contributed by atoms with van der Waals surface area (Å²) in [4.78, 5) is 15.7. The van der Waals surface area contributed by atoms with Gasteiger partial charge in [0.15, 0.2) is 0 Å². The van der Waals surface area contributed by atoms with Crippen molar-refractivity contribution in [3.05, 3.63) is 46.7 Å². The molecule has 2 fully saturated rings. The summed E-state index contributed by atoms with van der Waals surface area (Å²) in [6.45, 7) is 2.13. The van der Waals surface area contributed by atoms with Gasteiger partial charge in [0.25, 0.3) is 0 Å². The zero-order chi connectivity index (χ0) is 20.5. The van der Waals surface area contributed by atoms with Gasteiger partial charge in [0.2, 0.25) is 0 Å². The lowest BCUT2D eigenvalue weighted by atomic mass is 10.1. The standard InChI is InChI=1S/C16H15Cl2N3.C2HF3O2/c17-11-1-2-15(16(18)4-11)10-3-13(7-19-6-10)21-9-12-5-14(21)8-20-12;3-2(4,5)1(6)7/h1-4,6-7,12,14,20H,5,8-9H2;(H,6,7). The van der Waals surface area contributed by atoms with Crippen LogP contribution in [0.25, 0.3) is 11.1 Å². The Morgan fingerprint density at radius 1 is 1.25 bits per heavy atom. The fraction of sp³-hybridized carbons (Fsp3) is 0.333. The van der Waals surface area contributed by atoms with Gasteiger partial charge in [-0.25, -0.2) is 4.79 Å². The number of carboxylic acid groups (broad SMARTS) is 1. The Bertz CT molecular complexity index is 879. The lowest BCUT2D eigenvalue weighted by Gasteiger charge is -2.29. The van der Waals surface area contributed by atoms with Crippen LogP contribution in [0.4, 0.5) is 18.9 Å². The summed E-state index contributed by atoms with van der Waals surface area (Å²) < 4.78 is 31.7. The van der Waals surface area contributed by atoms with E-state index in [1.165, 1.54) is 12.1 Å². The van der Waals surface area contributed by atoms with Crippen molar-refractivity contribution in [3.63, 3.8) is 0 Å². The first-order valence-corrected chi connectivity index (χ1v) is 9.11. The van der Waals surface area contributed by atoms with Crippen LogP contribution in [0.15, 0.2) is 36.7 Å². The summed E-state index contributed by atoms with van der Waals surface area (Å²) in [7, 11) is 0. The Morgan fingerprint density at radius 2 is 1.96 bits per heavy atom. The molecule has 2 N–H and O–H groups in total. The van der Waals surface area contributed by atoms with Crippen LogP contribution in [0.1, 0.15) is 6.42 Å². The van der Waals surface area contributed by atoms with E-state index in [1.54, 1.807) is 6.07 Å². The molecule has 2 aromatic rings. The van der Waals surface area contributed by atoms with E-state index in [-0.39, 0.29) is 0 Å². The number of benzene rings is 1. The second kappa shape index (κ2) is 8.14. The molecule has 0 amide bonds. The molecule has 0 aliphatic carbocycles. The van der Waals surface area contributed by atoms with Gasteiger partial charge < -0.3 is 15.3 Å². The maximum absolute atomic E-state index is 10.6. The molecule has 2 aliphatic heterocycles. The highest BCUT2D eigenvalue weighted by Gasteiger charge is 2.38. The number of fused-ring (bicyclic) bond motifs is 2. The molecule has 10 heteroatoms. The molecule has 2 unspecified atom stereocenters. The number of aromatic nitrogens is 1. The zero-order valence-corrected chi connectivity index (χ0v) is 15.9. The molecule has 0 saturated carbocycles. The number of piperazine rings is 1. The largest absolute Gasteiger partial charge is 0.490 e. The number of halogens is 5. The average Bonchev–Trinajstić information content (AvgIpc) is 3.25. The van der Waals surface area contributed by atoms with E-state index < -0.39 is 12.1 Å². The lowest BCUT2D eigenvalue weighted by Crippen LogP contribution is -2.43. The van der Waals surface area contributed by atoms with Crippen LogP contribution in [0.5, 0.6) is 0 Å². The number of carbonyl (C=O) groups is 1. The summed E-state index contributed by atoms with van der Waals surface area (Å²) in [6.07, 6.45) is -0.0643. The highest BCUT2D eigenvalue weighted by molar-refractivity contribution is 6.36. The predicted molar refractivity (Wildman–Crippen MR) is 101 cm³/mol. The number of hydrogen-bond donors (Lipinski definition) is 2. The highest BCUT2D eigenvalue weighted by atomic mass is 35.5. The molecule has 3 heterocycles. The highest BCUT2D eigenvalue weighted by Crippen LogP contribution is 2.34. The molecule has 28 heavy (non-hydrogen) atoms. The molecule has 0 spiro atoms. The van der Waals surface area contributed by atoms with Crippen molar-refractivity contribution in [2.24, 2.45) is 0 Å². The molecule has 0 radical (unpaired) electrons. The maximum atomic E-state index is 10.6. The first-order chi connectivity index (χ1) is 13.1. The number of alkyl halides is 3. The summed E-state index contributed by atoms with van der Waals surface area (Å²) in [5.41, 5.74) is 3.18. The molecule has 2 atom stereocenters. The van der Waals surface area contributed by atoms with Crippen LogP contribution >= 0.6 is 23.2 Å². The number of hydrogen-bond acceptors (Lipinski definition) is 4. The monoisotopic (exact) mass is 433 g/mol. The maximum Gasteiger partial charge on any atom is 0.490 e. The van der Waals surface area contributed by atoms with Crippen molar-refractivity contribution in [3.8, 4) is 11.1 Å². The molecular formula is C18H16Cl2F3N3O2. The van der Waals surface area contributed by atoms with Gasteiger partial charge in [-0.15, -0.1) is 0 Å². The fourth-order valence-electron chi connectivity index (χ4n) is 3.33. The van der Waals surface area contributed by atoms with Crippen molar-refractivity contribution in [2.75, 3.05) is 18.0 Å². The minimum absolute atomic E-state index is 0.590. The minimum Gasteiger partial charge on any atom is -0.475 e. The van der Waals surface area contributed by atoms with Gasteiger partial charge in [0.1, 0.15) is 0 Å². The van der Waals surface area contributed by atoms with Gasteiger partial charge >= 0.3 is 12.1 Å². The number of rotatable bonds is 2. The summed E-state index contributed by atoms with van der Waals surface area (Å²) in [5, 5.41) is 12.0. The predicted octanol–water partition coefficient (Wildman–Crippen LogP) is 4.24. The van der Waals surface area contributed by atoms with Gasteiger partial charge in [0.05, 0.1) is 11.9 Å². The normalized spacial score (nSPS) is 20.7. The molecule has 1 aromatic heterocycles. The van der Waals surface area contributed by atoms with Crippen molar-refractivity contribution in [2.45, 2.75) is 24.7 Å². The van der Waals surface area contributed by atoms with Crippen molar-refractivity contribution >= 4 is 34.9 Å². The summed E-state index contributed by atoms with van der Waals surface area (Å²) >= 11 is 12.3. The van der Waals surface area contributed by atoms with Gasteiger partial charge in [-0.2, -0.15) is 13.2 Å². The van der Waals surface area contributed by atoms with E-state index in [1.807, 2.05) is 24.5 Å². The molecule has 150 valence electrons. The van der Waals surface area contributed by atoms with E-state index >= 15 is 0 Å². The second-order valence-electron chi connectivity index (χ2n) is 6.51. The number of nitrogens with one attached hydrogen (secondary N) is 1. The van der Waals surface area contributed by atoms with Crippen molar-refractivity contribution in [1.29, 1.82) is 0 Å². The smallest absolute Gasteiger partial charge is 0.475 e. The Balaban J connectivity index is 0.000000279. The molecule has 5 nitrogen and oxygen atoms in total. The molecular weight excluding hydrogens is 418 g/mol. The van der Waals surface area contributed by atoms with Crippen LogP contribution in [0, 0.1) is 0 Å². The van der Waals surface area contributed by atoms with E-state index in [0.717, 1.165) is 24.2 Å². The topological polar surface area (TPSA) is 65.5 Å². The van der Waals surface area contributed by atoms with Crippen LogP contribution in [0.3, 0.4) is 0 Å². The molecule has 2 bridgehead atoms. The Kier molecular flexibility index (Phi) is 6.02. The number of anilines is 1.